The second-order valence-corrected chi connectivity index (χ2v) is 7.07. The Labute approximate surface area is 166 Å². The van der Waals surface area contributed by atoms with Gasteiger partial charge in [0.05, 0.1) is 36.5 Å². The lowest BCUT2D eigenvalue weighted by atomic mass is 9.98. The van der Waals surface area contributed by atoms with Gasteiger partial charge in [0.15, 0.2) is 0 Å². The topological polar surface area (TPSA) is 69.3 Å². The van der Waals surface area contributed by atoms with E-state index in [1.54, 1.807) is 24.3 Å². The molecule has 0 atom stereocenters. The molecule has 1 fully saturated rings. The zero-order valence-corrected chi connectivity index (χ0v) is 16.0. The van der Waals surface area contributed by atoms with Crippen molar-refractivity contribution in [3.05, 3.63) is 59.7 Å². The first-order valence-corrected chi connectivity index (χ1v) is 9.75. The van der Waals surface area contributed by atoms with Crippen LogP contribution in [0.4, 0.5) is 0 Å². The molecule has 1 heterocycles. The quantitative estimate of drug-likeness (QED) is 0.653. The van der Waals surface area contributed by atoms with Gasteiger partial charge in [-0.3, -0.25) is 0 Å². The summed E-state index contributed by atoms with van der Waals surface area (Å²) >= 11 is 0. The molecule has 28 heavy (non-hydrogen) atoms. The number of likely N-dealkylation sites (tertiary alicyclic amines) is 1. The molecule has 1 aliphatic heterocycles. The minimum absolute atomic E-state index is 0.585. The molecule has 144 valence electrons. The van der Waals surface area contributed by atoms with E-state index in [1.807, 2.05) is 24.3 Å². The van der Waals surface area contributed by atoms with Crippen molar-refractivity contribution < 1.29 is 9.47 Å². The maximum atomic E-state index is 8.83. The second kappa shape index (κ2) is 10.3. The van der Waals surface area contributed by atoms with Crippen LogP contribution >= 0.6 is 0 Å². The average Bonchev–Trinajstić information content (AvgIpc) is 2.77. The zero-order valence-electron chi connectivity index (χ0n) is 16.0. The summed E-state index contributed by atoms with van der Waals surface area (Å²) in [5.41, 5.74) is 1.31. The SMILES string of the molecule is N#Cc1ccc(OCCCN2CCC(COc3ccc(C#N)cc3)CC2)cc1. The third-order valence-electron chi connectivity index (χ3n) is 5.05. The number of piperidine rings is 1. The molecule has 0 radical (unpaired) electrons. The first-order chi connectivity index (χ1) is 13.8. The molecule has 0 bridgehead atoms. The molecule has 1 saturated heterocycles. The van der Waals surface area contributed by atoms with Crippen LogP contribution in [0.1, 0.15) is 30.4 Å². The van der Waals surface area contributed by atoms with Gasteiger partial charge in [-0.25, -0.2) is 0 Å². The Balaban J connectivity index is 1.28. The van der Waals surface area contributed by atoms with Gasteiger partial charge in [-0.2, -0.15) is 10.5 Å². The van der Waals surface area contributed by atoms with Crippen molar-refractivity contribution in [1.82, 2.24) is 4.90 Å². The maximum Gasteiger partial charge on any atom is 0.119 e. The van der Waals surface area contributed by atoms with Crippen molar-refractivity contribution in [3.8, 4) is 23.6 Å². The smallest absolute Gasteiger partial charge is 0.119 e. The fourth-order valence-corrected chi connectivity index (χ4v) is 3.32. The van der Waals surface area contributed by atoms with Gasteiger partial charge in [0.1, 0.15) is 11.5 Å². The summed E-state index contributed by atoms with van der Waals surface area (Å²) in [6, 6.07) is 18.8. The van der Waals surface area contributed by atoms with Crippen LogP contribution in [0.2, 0.25) is 0 Å². The maximum absolute atomic E-state index is 8.83. The summed E-state index contributed by atoms with van der Waals surface area (Å²) in [6.07, 6.45) is 3.28. The number of ether oxygens (including phenoxy) is 2. The first kappa shape index (κ1) is 19.7. The second-order valence-electron chi connectivity index (χ2n) is 7.07. The number of nitriles is 2. The fraction of sp³-hybridized carbons (Fsp3) is 0.391. The minimum Gasteiger partial charge on any atom is -0.494 e. The fourth-order valence-electron chi connectivity index (χ4n) is 3.32. The highest BCUT2D eigenvalue weighted by molar-refractivity contribution is 5.35. The van der Waals surface area contributed by atoms with Crippen LogP contribution in [-0.4, -0.2) is 37.7 Å². The van der Waals surface area contributed by atoms with Crippen molar-refractivity contribution in [3.63, 3.8) is 0 Å². The van der Waals surface area contributed by atoms with Crippen molar-refractivity contribution >= 4 is 0 Å². The molecule has 2 aromatic carbocycles. The van der Waals surface area contributed by atoms with Crippen LogP contribution in [0.3, 0.4) is 0 Å². The Kier molecular flexibility index (Phi) is 7.29. The number of benzene rings is 2. The monoisotopic (exact) mass is 375 g/mol. The van der Waals surface area contributed by atoms with Gasteiger partial charge in [-0.1, -0.05) is 0 Å². The van der Waals surface area contributed by atoms with Crippen molar-refractivity contribution in [1.29, 1.82) is 10.5 Å². The molecule has 3 rings (SSSR count). The van der Waals surface area contributed by atoms with Gasteiger partial charge in [-0.15, -0.1) is 0 Å². The lowest BCUT2D eigenvalue weighted by molar-refractivity contribution is 0.135. The van der Waals surface area contributed by atoms with E-state index in [0.29, 0.717) is 23.7 Å². The summed E-state index contributed by atoms with van der Waals surface area (Å²) in [4.78, 5) is 2.49. The number of hydrogen-bond acceptors (Lipinski definition) is 5. The molecule has 0 aromatic heterocycles. The van der Waals surface area contributed by atoms with Gasteiger partial charge in [0.2, 0.25) is 0 Å². The number of nitrogens with zero attached hydrogens (tertiary/aromatic N) is 3. The molecular weight excluding hydrogens is 350 g/mol. The van der Waals surface area contributed by atoms with E-state index in [1.165, 1.54) is 0 Å². The highest BCUT2D eigenvalue weighted by atomic mass is 16.5. The van der Waals surface area contributed by atoms with E-state index in [4.69, 9.17) is 20.0 Å². The Morgan fingerprint density at radius 1 is 0.821 bits per heavy atom. The van der Waals surface area contributed by atoms with E-state index in [0.717, 1.165) is 57.0 Å². The molecule has 0 N–H and O–H groups in total. The van der Waals surface area contributed by atoms with E-state index in [9.17, 15) is 0 Å². The minimum atomic E-state index is 0.585. The van der Waals surface area contributed by atoms with Crippen LogP contribution in [0.5, 0.6) is 11.5 Å². The average molecular weight is 375 g/mol. The summed E-state index contributed by atoms with van der Waals surface area (Å²) in [5.74, 6) is 2.24. The lowest BCUT2D eigenvalue weighted by Crippen LogP contribution is -2.36. The van der Waals surface area contributed by atoms with Crippen LogP contribution in [0, 0.1) is 28.6 Å². The molecule has 1 aliphatic rings. The molecule has 0 unspecified atom stereocenters. The molecule has 5 nitrogen and oxygen atoms in total. The predicted octanol–water partition coefficient (Wildman–Crippen LogP) is 3.99. The van der Waals surface area contributed by atoms with E-state index < -0.39 is 0 Å². The number of hydrogen-bond donors (Lipinski definition) is 0. The van der Waals surface area contributed by atoms with Crippen molar-refractivity contribution in [2.75, 3.05) is 32.8 Å². The van der Waals surface area contributed by atoms with Gasteiger partial charge < -0.3 is 14.4 Å². The largest absolute Gasteiger partial charge is 0.494 e. The molecule has 0 saturated carbocycles. The summed E-state index contributed by atoms with van der Waals surface area (Å²) in [6.45, 7) is 4.66. The summed E-state index contributed by atoms with van der Waals surface area (Å²) in [7, 11) is 0. The number of rotatable bonds is 8. The first-order valence-electron chi connectivity index (χ1n) is 9.75. The normalized spacial score (nSPS) is 14.8. The molecule has 5 heteroatoms. The van der Waals surface area contributed by atoms with E-state index in [-0.39, 0.29) is 0 Å². The Morgan fingerprint density at radius 3 is 1.89 bits per heavy atom. The third-order valence-corrected chi connectivity index (χ3v) is 5.05. The van der Waals surface area contributed by atoms with Gasteiger partial charge >= 0.3 is 0 Å². The molecule has 2 aromatic rings. The van der Waals surface area contributed by atoms with Crippen molar-refractivity contribution in [2.45, 2.75) is 19.3 Å². The van der Waals surface area contributed by atoms with Crippen LogP contribution in [-0.2, 0) is 0 Å². The van der Waals surface area contributed by atoms with Gasteiger partial charge in [-0.05, 0) is 86.8 Å². The molecule has 0 spiro atoms. The highest BCUT2D eigenvalue weighted by Gasteiger charge is 2.19. The third kappa shape index (κ3) is 6.01. The summed E-state index contributed by atoms with van der Waals surface area (Å²) < 4.78 is 11.6. The predicted molar refractivity (Wildman–Crippen MR) is 107 cm³/mol. The molecule has 0 aliphatic carbocycles. The van der Waals surface area contributed by atoms with Crippen molar-refractivity contribution in [2.24, 2.45) is 5.92 Å². The highest BCUT2D eigenvalue weighted by Crippen LogP contribution is 2.20. The van der Waals surface area contributed by atoms with Crippen LogP contribution in [0.25, 0.3) is 0 Å². The van der Waals surface area contributed by atoms with E-state index >= 15 is 0 Å². The Bertz CT molecular complexity index is 811. The van der Waals surface area contributed by atoms with Crippen LogP contribution < -0.4 is 9.47 Å². The summed E-state index contributed by atoms with van der Waals surface area (Å²) in [5, 5.41) is 17.6. The molecule has 0 amide bonds. The van der Waals surface area contributed by atoms with Crippen LogP contribution in [0.15, 0.2) is 48.5 Å². The van der Waals surface area contributed by atoms with Gasteiger partial charge in [0, 0.05) is 6.54 Å². The Morgan fingerprint density at radius 2 is 1.36 bits per heavy atom. The van der Waals surface area contributed by atoms with E-state index in [2.05, 4.69) is 17.0 Å². The zero-order chi connectivity index (χ0) is 19.6. The standard InChI is InChI=1S/C23H25N3O2/c24-16-19-2-6-22(7-3-19)27-15-1-12-26-13-10-21(11-14-26)18-28-23-8-4-20(17-25)5-9-23/h2-9,21H,1,10-15,18H2. The lowest BCUT2D eigenvalue weighted by Gasteiger charge is -2.31. The Hall–Kier alpha value is -3.02. The van der Waals surface area contributed by atoms with Gasteiger partial charge in [0.25, 0.3) is 0 Å². The molecular formula is C23H25N3O2.